The predicted molar refractivity (Wildman–Crippen MR) is 107 cm³/mol. The number of piperidine rings is 1. The minimum absolute atomic E-state index is 0.0428. The van der Waals surface area contributed by atoms with E-state index < -0.39 is 0 Å². The van der Waals surface area contributed by atoms with Crippen molar-refractivity contribution in [2.75, 3.05) is 31.6 Å². The standard InChI is InChI=1S/C21H29N5O3/c1-4-16-9-17(29-24-16)13-25(3)14-18-10-21(20(27)28-18)5-7-26(8-6-21)19-12-22-11-15(2)23-19/h9,11-12,18H,4-8,10,13-14H2,1-3H3. The van der Waals surface area contributed by atoms with Crippen molar-refractivity contribution in [3.63, 3.8) is 0 Å². The molecule has 1 unspecified atom stereocenters. The lowest BCUT2D eigenvalue weighted by molar-refractivity contribution is -0.150. The Labute approximate surface area is 171 Å². The van der Waals surface area contributed by atoms with Crippen LogP contribution in [0.1, 0.15) is 43.3 Å². The van der Waals surface area contributed by atoms with E-state index >= 15 is 0 Å². The van der Waals surface area contributed by atoms with Crippen LogP contribution in [0, 0.1) is 12.3 Å². The number of rotatable bonds is 6. The molecular formula is C21H29N5O3. The number of anilines is 1. The lowest BCUT2D eigenvalue weighted by Crippen LogP contribution is -2.43. The van der Waals surface area contributed by atoms with Gasteiger partial charge in [0.25, 0.3) is 0 Å². The van der Waals surface area contributed by atoms with Gasteiger partial charge in [-0.25, -0.2) is 4.98 Å². The molecule has 4 rings (SSSR count). The molecule has 156 valence electrons. The molecule has 2 saturated heterocycles. The fourth-order valence-electron chi connectivity index (χ4n) is 4.39. The molecule has 8 heteroatoms. The summed E-state index contributed by atoms with van der Waals surface area (Å²) in [4.78, 5) is 25.9. The van der Waals surface area contributed by atoms with E-state index in [1.54, 1.807) is 12.4 Å². The van der Waals surface area contributed by atoms with Crippen LogP contribution in [0.2, 0.25) is 0 Å². The highest BCUT2D eigenvalue weighted by Crippen LogP contribution is 2.43. The predicted octanol–water partition coefficient (Wildman–Crippen LogP) is 2.37. The third-order valence-corrected chi connectivity index (χ3v) is 6.02. The Balaban J connectivity index is 1.32. The van der Waals surface area contributed by atoms with Crippen LogP contribution in [-0.4, -0.2) is 58.8 Å². The van der Waals surface area contributed by atoms with Crippen LogP contribution in [0.3, 0.4) is 0 Å². The molecule has 0 radical (unpaired) electrons. The topological polar surface area (TPSA) is 84.6 Å². The molecule has 2 fully saturated rings. The summed E-state index contributed by atoms with van der Waals surface area (Å²) < 4.78 is 11.1. The molecule has 8 nitrogen and oxygen atoms in total. The first-order valence-corrected chi connectivity index (χ1v) is 10.3. The summed E-state index contributed by atoms with van der Waals surface area (Å²) in [6.45, 7) is 6.96. The van der Waals surface area contributed by atoms with E-state index in [2.05, 4.69) is 31.8 Å². The van der Waals surface area contributed by atoms with Gasteiger partial charge >= 0.3 is 5.97 Å². The highest BCUT2D eigenvalue weighted by molar-refractivity contribution is 5.79. The zero-order valence-electron chi connectivity index (χ0n) is 17.4. The van der Waals surface area contributed by atoms with Crippen molar-refractivity contribution in [2.45, 2.75) is 52.2 Å². The molecule has 4 heterocycles. The maximum atomic E-state index is 12.7. The summed E-state index contributed by atoms with van der Waals surface area (Å²) in [6.07, 6.45) is 6.70. The number of ether oxygens (including phenoxy) is 1. The van der Waals surface area contributed by atoms with Crippen LogP contribution in [-0.2, 0) is 22.5 Å². The number of hydrogen-bond acceptors (Lipinski definition) is 8. The first kappa shape index (κ1) is 19.8. The number of aromatic nitrogens is 3. The van der Waals surface area contributed by atoms with E-state index in [-0.39, 0.29) is 17.5 Å². The quantitative estimate of drug-likeness (QED) is 0.685. The molecule has 0 amide bonds. The van der Waals surface area contributed by atoms with Crippen molar-refractivity contribution in [1.29, 1.82) is 0 Å². The minimum Gasteiger partial charge on any atom is -0.461 e. The van der Waals surface area contributed by atoms with Crippen molar-refractivity contribution in [1.82, 2.24) is 20.0 Å². The van der Waals surface area contributed by atoms with E-state index in [0.717, 1.165) is 61.7 Å². The van der Waals surface area contributed by atoms with E-state index in [4.69, 9.17) is 9.26 Å². The molecule has 1 spiro atoms. The summed E-state index contributed by atoms with van der Waals surface area (Å²) in [5, 5.41) is 4.04. The van der Waals surface area contributed by atoms with Crippen molar-refractivity contribution in [2.24, 2.45) is 5.41 Å². The maximum absolute atomic E-state index is 12.7. The molecule has 2 aromatic heterocycles. The van der Waals surface area contributed by atoms with Gasteiger partial charge in [-0.3, -0.25) is 14.7 Å². The summed E-state index contributed by atoms with van der Waals surface area (Å²) in [7, 11) is 2.02. The molecule has 2 aliphatic heterocycles. The number of likely N-dealkylation sites (N-methyl/N-ethyl adjacent to an activating group) is 1. The Bertz CT molecular complexity index is 860. The molecule has 2 aromatic rings. The largest absolute Gasteiger partial charge is 0.461 e. The third kappa shape index (κ3) is 4.27. The average Bonchev–Trinajstić information content (AvgIpc) is 3.26. The average molecular weight is 399 g/mol. The smallest absolute Gasteiger partial charge is 0.312 e. The molecule has 0 saturated carbocycles. The van der Waals surface area contributed by atoms with Crippen LogP contribution in [0.15, 0.2) is 23.0 Å². The van der Waals surface area contributed by atoms with Crippen LogP contribution in [0.4, 0.5) is 5.82 Å². The summed E-state index contributed by atoms with van der Waals surface area (Å²) in [5.41, 5.74) is 1.51. The van der Waals surface area contributed by atoms with Crippen molar-refractivity contribution in [3.05, 3.63) is 35.6 Å². The summed E-state index contributed by atoms with van der Waals surface area (Å²) >= 11 is 0. The second kappa shape index (κ2) is 8.10. The molecule has 2 aliphatic rings. The van der Waals surface area contributed by atoms with Gasteiger partial charge in [-0.1, -0.05) is 12.1 Å². The molecule has 29 heavy (non-hydrogen) atoms. The fourth-order valence-corrected chi connectivity index (χ4v) is 4.39. The van der Waals surface area contributed by atoms with Gasteiger partial charge in [-0.2, -0.15) is 0 Å². The molecule has 0 N–H and O–H groups in total. The zero-order chi connectivity index (χ0) is 20.4. The SMILES string of the molecule is CCc1cc(CN(C)CC2CC3(CCN(c4cncc(C)n4)CC3)C(=O)O2)on1. The number of esters is 1. The van der Waals surface area contributed by atoms with Crippen molar-refractivity contribution >= 4 is 11.8 Å². The summed E-state index contributed by atoms with van der Waals surface area (Å²) in [6, 6.07) is 1.99. The number of cyclic esters (lactones) is 1. The lowest BCUT2D eigenvalue weighted by Gasteiger charge is -2.37. The van der Waals surface area contributed by atoms with Crippen LogP contribution >= 0.6 is 0 Å². The van der Waals surface area contributed by atoms with Gasteiger partial charge < -0.3 is 14.2 Å². The Morgan fingerprint density at radius 3 is 2.79 bits per heavy atom. The fraction of sp³-hybridized carbons (Fsp3) is 0.619. The Kier molecular flexibility index (Phi) is 5.54. The number of carbonyl (C=O) groups is 1. The molecular weight excluding hydrogens is 370 g/mol. The number of carbonyl (C=O) groups excluding carboxylic acids is 1. The Hall–Kier alpha value is -2.48. The van der Waals surface area contributed by atoms with E-state index in [0.29, 0.717) is 13.1 Å². The monoisotopic (exact) mass is 399 g/mol. The van der Waals surface area contributed by atoms with Gasteiger partial charge in [0.2, 0.25) is 0 Å². The van der Waals surface area contributed by atoms with Gasteiger partial charge in [0, 0.05) is 38.3 Å². The number of aryl methyl sites for hydroxylation is 2. The van der Waals surface area contributed by atoms with E-state index in [9.17, 15) is 4.79 Å². The molecule has 0 bridgehead atoms. The second-order valence-electron chi connectivity index (χ2n) is 8.35. The second-order valence-corrected chi connectivity index (χ2v) is 8.35. The summed E-state index contributed by atoms with van der Waals surface area (Å²) in [5.74, 6) is 1.69. The maximum Gasteiger partial charge on any atom is 0.312 e. The molecule has 1 atom stereocenters. The van der Waals surface area contributed by atoms with Crippen LogP contribution in [0.5, 0.6) is 0 Å². The highest BCUT2D eigenvalue weighted by atomic mass is 16.6. The van der Waals surface area contributed by atoms with Gasteiger partial charge in [0.15, 0.2) is 5.76 Å². The zero-order valence-corrected chi connectivity index (χ0v) is 17.4. The Morgan fingerprint density at radius 1 is 1.31 bits per heavy atom. The lowest BCUT2D eigenvalue weighted by atomic mass is 9.76. The third-order valence-electron chi connectivity index (χ3n) is 6.02. The van der Waals surface area contributed by atoms with Crippen LogP contribution in [0.25, 0.3) is 0 Å². The normalized spacial score (nSPS) is 21.2. The minimum atomic E-state index is -0.360. The first-order chi connectivity index (χ1) is 14.0. The Morgan fingerprint density at radius 2 is 2.10 bits per heavy atom. The van der Waals surface area contributed by atoms with Gasteiger partial charge in [-0.05, 0) is 33.2 Å². The molecule has 0 aromatic carbocycles. The van der Waals surface area contributed by atoms with Crippen molar-refractivity contribution < 1.29 is 14.1 Å². The van der Waals surface area contributed by atoms with Crippen LogP contribution < -0.4 is 4.90 Å². The van der Waals surface area contributed by atoms with Gasteiger partial charge in [-0.15, -0.1) is 0 Å². The molecule has 0 aliphatic carbocycles. The van der Waals surface area contributed by atoms with Gasteiger partial charge in [0.05, 0.1) is 29.5 Å². The van der Waals surface area contributed by atoms with Crippen molar-refractivity contribution in [3.8, 4) is 0 Å². The first-order valence-electron chi connectivity index (χ1n) is 10.3. The number of hydrogen-bond donors (Lipinski definition) is 0. The van der Waals surface area contributed by atoms with E-state index in [1.165, 1.54) is 0 Å². The van der Waals surface area contributed by atoms with E-state index in [1.807, 2.05) is 20.0 Å². The number of nitrogens with zero attached hydrogens (tertiary/aromatic N) is 5. The highest BCUT2D eigenvalue weighted by Gasteiger charge is 2.50. The van der Waals surface area contributed by atoms with Gasteiger partial charge in [0.1, 0.15) is 11.9 Å².